The minimum Gasteiger partial charge on any atom is -0.192 e. The van der Waals surface area contributed by atoms with E-state index >= 15 is 0 Å². The lowest BCUT2D eigenvalue weighted by Gasteiger charge is -2.33. The SMILES string of the molecule is CCc1c(C#N)ccc2c1CC(C)(C)CC2. The number of benzene rings is 1. The van der Waals surface area contributed by atoms with Crippen molar-refractivity contribution < 1.29 is 0 Å². The summed E-state index contributed by atoms with van der Waals surface area (Å²) in [5.41, 5.74) is 5.48. The molecule has 0 saturated carbocycles. The van der Waals surface area contributed by atoms with E-state index in [1.54, 1.807) is 0 Å². The second-order valence-electron chi connectivity index (χ2n) is 5.54. The van der Waals surface area contributed by atoms with Crippen LogP contribution >= 0.6 is 0 Å². The third-order valence-corrected chi connectivity index (χ3v) is 3.73. The summed E-state index contributed by atoms with van der Waals surface area (Å²) in [6.45, 7) is 6.81. The van der Waals surface area contributed by atoms with Crippen molar-refractivity contribution in [1.82, 2.24) is 0 Å². The molecule has 0 amide bonds. The standard InChI is InChI=1S/C15H19N/c1-4-13-12(10-16)6-5-11-7-8-15(2,3)9-14(11)13/h5-6H,4,7-9H2,1-3H3. The van der Waals surface area contributed by atoms with E-state index in [-0.39, 0.29) is 0 Å². The third kappa shape index (κ3) is 1.85. The molecule has 0 aromatic heterocycles. The molecular formula is C15H19N. The topological polar surface area (TPSA) is 23.8 Å². The normalized spacial score (nSPS) is 17.6. The van der Waals surface area contributed by atoms with Gasteiger partial charge in [0.15, 0.2) is 0 Å². The van der Waals surface area contributed by atoms with Crippen molar-refractivity contribution in [3.63, 3.8) is 0 Å². The molecule has 84 valence electrons. The molecule has 1 aliphatic rings. The number of rotatable bonds is 1. The molecule has 0 radical (unpaired) electrons. The molecule has 0 unspecified atom stereocenters. The van der Waals surface area contributed by atoms with Gasteiger partial charge in [-0.25, -0.2) is 0 Å². The Hall–Kier alpha value is -1.29. The summed E-state index contributed by atoms with van der Waals surface area (Å²) in [4.78, 5) is 0. The van der Waals surface area contributed by atoms with Gasteiger partial charge in [-0.2, -0.15) is 5.26 Å². The van der Waals surface area contributed by atoms with Crippen molar-refractivity contribution in [2.45, 2.75) is 46.5 Å². The van der Waals surface area contributed by atoms with Crippen LogP contribution in [0.5, 0.6) is 0 Å². The van der Waals surface area contributed by atoms with Gasteiger partial charge in [0.05, 0.1) is 11.6 Å². The lowest BCUT2D eigenvalue weighted by Crippen LogP contribution is -2.23. The fourth-order valence-corrected chi connectivity index (χ4v) is 2.74. The average Bonchev–Trinajstić information content (AvgIpc) is 2.26. The molecule has 1 aliphatic carbocycles. The Morgan fingerprint density at radius 2 is 2.12 bits per heavy atom. The fourth-order valence-electron chi connectivity index (χ4n) is 2.74. The predicted molar refractivity (Wildman–Crippen MR) is 66.3 cm³/mol. The van der Waals surface area contributed by atoms with Gasteiger partial charge in [-0.15, -0.1) is 0 Å². The molecule has 0 bridgehead atoms. The Balaban J connectivity index is 2.55. The minimum absolute atomic E-state index is 0.394. The first-order chi connectivity index (χ1) is 7.57. The zero-order valence-electron chi connectivity index (χ0n) is 10.4. The van der Waals surface area contributed by atoms with Crippen molar-refractivity contribution in [3.05, 3.63) is 34.4 Å². The molecule has 0 spiro atoms. The average molecular weight is 213 g/mol. The van der Waals surface area contributed by atoms with Gasteiger partial charge in [0, 0.05) is 0 Å². The maximum absolute atomic E-state index is 9.13. The minimum atomic E-state index is 0.394. The lowest BCUT2D eigenvalue weighted by molar-refractivity contribution is 0.314. The first-order valence-corrected chi connectivity index (χ1v) is 6.11. The number of hydrogen-bond acceptors (Lipinski definition) is 1. The Morgan fingerprint density at radius 3 is 2.75 bits per heavy atom. The van der Waals surface area contributed by atoms with Crippen LogP contribution in [0.2, 0.25) is 0 Å². The smallest absolute Gasteiger partial charge is 0.0994 e. The summed E-state index contributed by atoms with van der Waals surface area (Å²) in [5, 5.41) is 9.13. The van der Waals surface area contributed by atoms with Crippen LogP contribution in [-0.2, 0) is 19.3 Å². The van der Waals surface area contributed by atoms with Gasteiger partial charge in [-0.3, -0.25) is 0 Å². The molecule has 0 atom stereocenters. The largest absolute Gasteiger partial charge is 0.192 e. The molecular weight excluding hydrogens is 194 g/mol. The fraction of sp³-hybridized carbons (Fsp3) is 0.533. The van der Waals surface area contributed by atoms with Crippen molar-refractivity contribution in [2.24, 2.45) is 5.41 Å². The predicted octanol–water partition coefficient (Wildman–Crippen LogP) is 3.64. The van der Waals surface area contributed by atoms with Crippen molar-refractivity contribution in [3.8, 4) is 6.07 Å². The molecule has 1 aromatic rings. The molecule has 2 rings (SSSR count). The van der Waals surface area contributed by atoms with E-state index in [0.29, 0.717) is 5.41 Å². The summed E-state index contributed by atoms with van der Waals surface area (Å²) in [6, 6.07) is 6.48. The highest BCUT2D eigenvalue weighted by molar-refractivity contribution is 5.48. The summed E-state index contributed by atoms with van der Waals surface area (Å²) >= 11 is 0. The second-order valence-corrected chi connectivity index (χ2v) is 5.54. The van der Waals surface area contributed by atoms with Gasteiger partial charge >= 0.3 is 0 Å². The first-order valence-electron chi connectivity index (χ1n) is 6.11. The highest BCUT2D eigenvalue weighted by Gasteiger charge is 2.27. The zero-order chi connectivity index (χ0) is 11.8. The molecule has 0 N–H and O–H groups in total. The highest BCUT2D eigenvalue weighted by atomic mass is 14.3. The third-order valence-electron chi connectivity index (χ3n) is 3.73. The maximum Gasteiger partial charge on any atom is 0.0994 e. The van der Waals surface area contributed by atoms with E-state index in [1.165, 1.54) is 29.5 Å². The van der Waals surface area contributed by atoms with Crippen LogP contribution in [0.1, 0.15) is 49.4 Å². The van der Waals surface area contributed by atoms with Gasteiger partial charge in [0.25, 0.3) is 0 Å². The van der Waals surface area contributed by atoms with E-state index in [2.05, 4.69) is 32.9 Å². The Bertz CT molecular complexity index is 449. The van der Waals surface area contributed by atoms with Crippen LogP contribution in [0.3, 0.4) is 0 Å². The zero-order valence-corrected chi connectivity index (χ0v) is 10.4. The monoisotopic (exact) mass is 213 g/mol. The molecule has 1 heteroatoms. The van der Waals surface area contributed by atoms with Crippen LogP contribution in [0.4, 0.5) is 0 Å². The Labute approximate surface area is 98.1 Å². The first kappa shape index (κ1) is 11.2. The molecule has 1 aromatic carbocycles. The summed E-state index contributed by atoms with van der Waals surface area (Å²) < 4.78 is 0. The Morgan fingerprint density at radius 1 is 1.38 bits per heavy atom. The molecule has 16 heavy (non-hydrogen) atoms. The van der Waals surface area contributed by atoms with Crippen LogP contribution < -0.4 is 0 Å². The summed E-state index contributed by atoms with van der Waals surface area (Å²) in [6.07, 6.45) is 4.53. The molecule has 0 heterocycles. The molecule has 0 saturated heterocycles. The van der Waals surface area contributed by atoms with E-state index < -0.39 is 0 Å². The van der Waals surface area contributed by atoms with E-state index in [9.17, 15) is 0 Å². The van der Waals surface area contributed by atoms with Gasteiger partial charge in [0.1, 0.15) is 0 Å². The number of fused-ring (bicyclic) bond motifs is 1. The number of nitrogens with zero attached hydrogens (tertiary/aromatic N) is 1. The summed E-state index contributed by atoms with van der Waals surface area (Å²) in [7, 11) is 0. The number of hydrogen-bond donors (Lipinski definition) is 0. The highest BCUT2D eigenvalue weighted by Crippen LogP contribution is 2.37. The van der Waals surface area contributed by atoms with Gasteiger partial charge in [-0.05, 0) is 53.9 Å². The maximum atomic E-state index is 9.13. The summed E-state index contributed by atoms with van der Waals surface area (Å²) in [5.74, 6) is 0. The van der Waals surface area contributed by atoms with E-state index in [4.69, 9.17) is 5.26 Å². The number of nitriles is 1. The van der Waals surface area contributed by atoms with Crippen molar-refractivity contribution in [2.75, 3.05) is 0 Å². The number of aryl methyl sites for hydroxylation is 1. The van der Waals surface area contributed by atoms with Crippen LogP contribution in [0.15, 0.2) is 12.1 Å². The second kappa shape index (κ2) is 3.94. The molecule has 0 fully saturated rings. The van der Waals surface area contributed by atoms with Crippen LogP contribution in [0, 0.1) is 16.7 Å². The van der Waals surface area contributed by atoms with Gasteiger partial charge in [-0.1, -0.05) is 26.8 Å². The molecule has 0 aliphatic heterocycles. The quantitative estimate of drug-likeness (QED) is 0.698. The van der Waals surface area contributed by atoms with E-state index in [0.717, 1.165) is 18.4 Å². The molecule has 1 nitrogen and oxygen atoms in total. The van der Waals surface area contributed by atoms with Crippen LogP contribution in [-0.4, -0.2) is 0 Å². The van der Waals surface area contributed by atoms with Crippen LogP contribution in [0.25, 0.3) is 0 Å². The van der Waals surface area contributed by atoms with E-state index in [1.807, 2.05) is 6.07 Å². The van der Waals surface area contributed by atoms with Crippen molar-refractivity contribution >= 4 is 0 Å². The van der Waals surface area contributed by atoms with Gasteiger partial charge in [0.2, 0.25) is 0 Å². The van der Waals surface area contributed by atoms with Gasteiger partial charge < -0.3 is 0 Å². The lowest BCUT2D eigenvalue weighted by atomic mass is 9.72. The van der Waals surface area contributed by atoms with Crippen molar-refractivity contribution in [1.29, 1.82) is 5.26 Å². The Kier molecular flexibility index (Phi) is 2.76.